The molecule has 1 rings (SSSR count). The molecule has 1 unspecified atom stereocenters. The molecule has 0 spiro atoms. The van der Waals surface area contributed by atoms with E-state index in [1.807, 2.05) is 0 Å². The van der Waals surface area contributed by atoms with E-state index in [1.165, 1.54) is 4.90 Å². The molecule has 1 heterocycles. The fourth-order valence-electron chi connectivity index (χ4n) is 1.12. The maximum Gasteiger partial charge on any atom is 0.324 e. The van der Waals surface area contributed by atoms with Crippen LogP contribution < -0.4 is 11.1 Å². The zero-order valence-corrected chi connectivity index (χ0v) is 7.04. The van der Waals surface area contributed by atoms with Gasteiger partial charge in [0.2, 0.25) is 0 Å². The molecule has 0 saturated carbocycles. The van der Waals surface area contributed by atoms with Crippen LogP contribution in [0.15, 0.2) is 0 Å². The van der Waals surface area contributed by atoms with Crippen LogP contribution in [0.4, 0.5) is 4.79 Å². The number of carbonyl (C=O) groups is 2. The van der Waals surface area contributed by atoms with Crippen LogP contribution in [0.25, 0.3) is 0 Å². The first-order chi connectivity index (χ1) is 5.66. The lowest BCUT2D eigenvalue weighted by Gasteiger charge is -2.10. The molecule has 68 valence electrons. The first-order valence-corrected chi connectivity index (χ1v) is 3.98. The Kier molecular flexibility index (Phi) is 2.65. The van der Waals surface area contributed by atoms with E-state index in [9.17, 15) is 9.59 Å². The van der Waals surface area contributed by atoms with Crippen molar-refractivity contribution in [1.29, 1.82) is 0 Å². The van der Waals surface area contributed by atoms with Crippen molar-refractivity contribution in [2.75, 3.05) is 13.1 Å². The maximum absolute atomic E-state index is 11.2. The Morgan fingerprint density at radius 3 is 2.67 bits per heavy atom. The fraction of sp³-hybridized carbons (Fsp3) is 0.714. The van der Waals surface area contributed by atoms with Gasteiger partial charge in [-0.1, -0.05) is 0 Å². The Hall–Kier alpha value is -1.10. The highest BCUT2D eigenvalue weighted by Crippen LogP contribution is 2.05. The number of rotatable bonds is 3. The van der Waals surface area contributed by atoms with Crippen molar-refractivity contribution in [2.24, 2.45) is 5.73 Å². The van der Waals surface area contributed by atoms with Gasteiger partial charge in [0.25, 0.3) is 5.91 Å². The molecule has 1 fully saturated rings. The Bertz CT molecular complexity index is 205. The third kappa shape index (κ3) is 1.55. The van der Waals surface area contributed by atoms with Crippen LogP contribution in [0.1, 0.15) is 13.3 Å². The van der Waals surface area contributed by atoms with Gasteiger partial charge in [-0.2, -0.15) is 0 Å². The van der Waals surface area contributed by atoms with Crippen molar-refractivity contribution in [2.45, 2.75) is 19.4 Å². The highest BCUT2D eigenvalue weighted by Gasteiger charge is 2.33. The number of hydrogen-bond acceptors (Lipinski definition) is 3. The van der Waals surface area contributed by atoms with Gasteiger partial charge < -0.3 is 11.1 Å². The van der Waals surface area contributed by atoms with E-state index >= 15 is 0 Å². The summed E-state index contributed by atoms with van der Waals surface area (Å²) in [6.45, 7) is 2.58. The smallest absolute Gasteiger partial charge is 0.324 e. The highest BCUT2D eigenvalue weighted by molar-refractivity contribution is 6.03. The van der Waals surface area contributed by atoms with Gasteiger partial charge in [0.1, 0.15) is 6.04 Å². The zero-order chi connectivity index (χ0) is 9.14. The molecular weight excluding hydrogens is 158 g/mol. The van der Waals surface area contributed by atoms with E-state index in [4.69, 9.17) is 5.73 Å². The summed E-state index contributed by atoms with van der Waals surface area (Å²) in [6.07, 6.45) is 0.659. The van der Waals surface area contributed by atoms with Gasteiger partial charge in [0.05, 0.1) is 0 Å². The van der Waals surface area contributed by atoms with Crippen molar-refractivity contribution in [3.05, 3.63) is 0 Å². The minimum absolute atomic E-state index is 0.159. The minimum Gasteiger partial charge on any atom is -0.330 e. The van der Waals surface area contributed by atoms with Crippen LogP contribution in [0.2, 0.25) is 0 Å². The van der Waals surface area contributed by atoms with Gasteiger partial charge in [0.15, 0.2) is 0 Å². The standard InChI is InChI=1S/C7H13N3O2/c1-5-6(11)10(4-2-3-8)7(12)9-5/h5H,2-4,8H2,1H3,(H,9,12). The van der Waals surface area contributed by atoms with Crippen LogP contribution in [-0.4, -0.2) is 36.0 Å². The minimum atomic E-state index is -0.379. The lowest BCUT2D eigenvalue weighted by molar-refractivity contribution is -0.127. The van der Waals surface area contributed by atoms with Gasteiger partial charge in [-0.3, -0.25) is 9.69 Å². The molecule has 1 aliphatic rings. The summed E-state index contributed by atoms with van der Waals surface area (Å²) in [7, 11) is 0. The van der Waals surface area contributed by atoms with Crippen molar-refractivity contribution < 1.29 is 9.59 Å². The second-order valence-electron chi connectivity index (χ2n) is 2.80. The molecule has 0 aromatic carbocycles. The van der Waals surface area contributed by atoms with E-state index in [2.05, 4.69) is 5.32 Å². The van der Waals surface area contributed by atoms with Crippen LogP contribution in [0.5, 0.6) is 0 Å². The molecule has 1 atom stereocenters. The van der Waals surface area contributed by atoms with Gasteiger partial charge in [-0.15, -0.1) is 0 Å². The predicted octanol–water partition coefficient (Wildman–Crippen LogP) is -0.724. The Balaban J connectivity index is 2.52. The summed E-state index contributed by atoms with van der Waals surface area (Å²) in [5.74, 6) is -0.159. The number of nitrogens with one attached hydrogen (secondary N) is 1. The Labute approximate surface area is 70.9 Å². The molecule has 0 radical (unpaired) electrons. The fourth-order valence-corrected chi connectivity index (χ4v) is 1.12. The molecule has 0 aliphatic carbocycles. The first-order valence-electron chi connectivity index (χ1n) is 3.98. The van der Waals surface area contributed by atoms with Gasteiger partial charge in [-0.25, -0.2) is 4.79 Å². The van der Waals surface area contributed by atoms with E-state index < -0.39 is 0 Å². The predicted molar refractivity (Wildman–Crippen MR) is 43.4 cm³/mol. The second-order valence-corrected chi connectivity index (χ2v) is 2.80. The summed E-state index contributed by atoms with van der Waals surface area (Å²) in [6, 6.07) is -0.684. The third-order valence-corrected chi connectivity index (χ3v) is 1.81. The van der Waals surface area contributed by atoms with Crippen LogP contribution in [0.3, 0.4) is 0 Å². The Morgan fingerprint density at radius 1 is 1.58 bits per heavy atom. The van der Waals surface area contributed by atoms with Crippen LogP contribution in [0, 0.1) is 0 Å². The van der Waals surface area contributed by atoms with Gasteiger partial charge in [-0.05, 0) is 19.9 Å². The monoisotopic (exact) mass is 171 g/mol. The SMILES string of the molecule is CC1NC(=O)N(CCCN)C1=O. The molecule has 0 bridgehead atoms. The van der Waals surface area contributed by atoms with Crippen LogP contribution in [-0.2, 0) is 4.79 Å². The normalized spacial score (nSPS) is 23.2. The second kappa shape index (κ2) is 3.53. The maximum atomic E-state index is 11.2. The number of imide groups is 1. The number of carbonyl (C=O) groups excluding carboxylic acids is 2. The highest BCUT2D eigenvalue weighted by atomic mass is 16.2. The van der Waals surface area contributed by atoms with E-state index in [-0.39, 0.29) is 18.0 Å². The molecule has 3 N–H and O–H groups in total. The lowest BCUT2D eigenvalue weighted by atomic mass is 10.3. The molecule has 5 nitrogen and oxygen atoms in total. The quantitative estimate of drug-likeness (QED) is 0.550. The summed E-state index contributed by atoms with van der Waals surface area (Å²) in [5, 5.41) is 2.52. The largest absolute Gasteiger partial charge is 0.330 e. The number of amides is 3. The van der Waals surface area contributed by atoms with Gasteiger partial charge in [0, 0.05) is 6.54 Å². The molecule has 12 heavy (non-hydrogen) atoms. The summed E-state index contributed by atoms with van der Waals surface area (Å²) in [5.41, 5.74) is 5.26. The average Bonchev–Trinajstić information content (AvgIpc) is 2.25. The molecule has 0 aromatic rings. The van der Waals surface area contributed by atoms with Gasteiger partial charge >= 0.3 is 6.03 Å². The summed E-state index contributed by atoms with van der Waals surface area (Å²) >= 11 is 0. The van der Waals surface area contributed by atoms with Crippen molar-refractivity contribution in [3.63, 3.8) is 0 Å². The topological polar surface area (TPSA) is 75.4 Å². The van der Waals surface area contributed by atoms with E-state index in [1.54, 1.807) is 6.92 Å². The lowest BCUT2D eigenvalue weighted by Crippen LogP contribution is -2.33. The number of urea groups is 1. The van der Waals surface area contributed by atoms with Crippen LogP contribution >= 0.6 is 0 Å². The summed E-state index contributed by atoms with van der Waals surface area (Å²) < 4.78 is 0. The molecule has 1 aliphatic heterocycles. The van der Waals surface area contributed by atoms with Crippen molar-refractivity contribution in [1.82, 2.24) is 10.2 Å². The molecule has 3 amide bonds. The Morgan fingerprint density at radius 2 is 2.25 bits per heavy atom. The van der Waals surface area contributed by atoms with Crippen molar-refractivity contribution >= 4 is 11.9 Å². The molecular formula is C7H13N3O2. The number of hydrogen-bond donors (Lipinski definition) is 2. The number of nitrogens with two attached hydrogens (primary N) is 1. The summed E-state index contributed by atoms with van der Waals surface area (Å²) in [4.78, 5) is 23.5. The average molecular weight is 171 g/mol. The molecule has 5 heteroatoms. The third-order valence-electron chi connectivity index (χ3n) is 1.81. The van der Waals surface area contributed by atoms with E-state index in [0.29, 0.717) is 19.5 Å². The van der Waals surface area contributed by atoms with Crippen molar-refractivity contribution in [3.8, 4) is 0 Å². The van der Waals surface area contributed by atoms with E-state index in [0.717, 1.165) is 0 Å². The first kappa shape index (κ1) is 8.99. The molecule has 1 saturated heterocycles. The molecule has 0 aromatic heterocycles. The zero-order valence-electron chi connectivity index (χ0n) is 7.04. The number of nitrogens with zero attached hydrogens (tertiary/aromatic N) is 1.